The molecule has 0 saturated heterocycles. The van der Waals surface area contributed by atoms with Gasteiger partial charge in [0.2, 0.25) is 18.6 Å². The molecule has 0 unspecified atom stereocenters. The molecular formula is C26H34N2O5. The molecule has 2 aromatic carbocycles. The highest BCUT2D eigenvalue weighted by atomic mass is 16.7. The molecule has 2 amide bonds. The monoisotopic (exact) mass is 454 g/mol. The van der Waals surface area contributed by atoms with E-state index in [0.29, 0.717) is 31.6 Å². The molecule has 1 heterocycles. The van der Waals surface area contributed by atoms with Crippen molar-refractivity contribution in [2.45, 2.75) is 65.1 Å². The normalized spacial score (nSPS) is 13.8. The number of nitrogens with one attached hydrogen (secondary N) is 1. The van der Waals surface area contributed by atoms with Gasteiger partial charge in [-0.2, -0.15) is 0 Å². The predicted molar refractivity (Wildman–Crippen MR) is 126 cm³/mol. The highest BCUT2D eigenvalue weighted by Crippen LogP contribution is 2.32. The number of benzene rings is 2. The van der Waals surface area contributed by atoms with E-state index in [0.717, 1.165) is 29.0 Å². The van der Waals surface area contributed by atoms with Crippen LogP contribution in [0.5, 0.6) is 17.2 Å². The fourth-order valence-electron chi connectivity index (χ4n) is 3.78. The molecule has 178 valence electrons. The summed E-state index contributed by atoms with van der Waals surface area (Å²) in [5.74, 6) is 2.00. The zero-order chi connectivity index (χ0) is 23.8. The summed E-state index contributed by atoms with van der Waals surface area (Å²) in [4.78, 5) is 28.1. The highest BCUT2D eigenvalue weighted by molar-refractivity contribution is 5.88. The number of ether oxygens (including phenoxy) is 3. The summed E-state index contributed by atoms with van der Waals surface area (Å²) >= 11 is 0. The van der Waals surface area contributed by atoms with Gasteiger partial charge in [-0.05, 0) is 61.6 Å². The fourth-order valence-corrected chi connectivity index (χ4v) is 3.78. The van der Waals surface area contributed by atoms with E-state index in [4.69, 9.17) is 14.2 Å². The van der Waals surface area contributed by atoms with E-state index in [1.165, 1.54) is 0 Å². The van der Waals surface area contributed by atoms with E-state index in [9.17, 15) is 9.59 Å². The minimum atomic E-state index is -0.537. The Hall–Kier alpha value is -3.22. The summed E-state index contributed by atoms with van der Waals surface area (Å²) in [5.41, 5.74) is 1.94. The molecule has 0 spiro atoms. The van der Waals surface area contributed by atoms with Gasteiger partial charge in [0.1, 0.15) is 11.8 Å². The molecule has 0 aromatic heterocycles. The number of hydrogen-bond acceptors (Lipinski definition) is 5. The van der Waals surface area contributed by atoms with Gasteiger partial charge in [-0.25, -0.2) is 0 Å². The Labute approximate surface area is 196 Å². The van der Waals surface area contributed by atoms with E-state index in [2.05, 4.69) is 5.32 Å². The summed E-state index contributed by atoms with van der Waals surface area (Å²) in [5, 5.41) is 3.04. The molecule has 1 N–H and O–H groups in total. The van der Waals surface area contributed by atoms with E-state index in [1.807, 2.05) is 63.2 Å². The lowest BCUT2D eigenvalue weighted by molar-refractivity contribution is -0.141. The zero-order valence-corrected chi connectivity index (χ0v) is 19.9. The number of fused-ring (bicyclic) bond motifs is 1. The van der Waals surface area contributed by atoms with Crippen LogP contribution in [-0.2, 0) is 22.6 Å². The summed E-state index contributed by atoms with van der Waals surface area (Å²) in [6.45, 7) is 6.51. The zero-order valence-electron chi connectivity index (χ0n) is 19.9. The predicted octanol–water partition coefficient (Wildman–Crippen LogP) is 4.08. The van der Waals surface area contributed by atoms with Crippen molar-refractivity contribution in [2.75, 3.05) is 13.9 Å². The Morgan fingerprint density at radius 3 is 2.39 bits per heavy atom. The first-order chi connectivity index (χ1) is 15.9. The van der Waals surface area contributed by atoms with Crippen molar-refractivity contribution in [3.8, 4) is 17.2 Å². The van der Waals surface area contributed by atoms with Crippen molar-refractivity contribution in [2.24, 2.45) is 0 Å². The smallest absolute Gasteiger partial charge is 0.243 e. The maximum Gasteiger partial charge on any atom is 0.243 e. The van der Waals surface area contributed by atoms with Crippen molar-refractivity contribution in [1.29, 1.82) is 0 Å². The number of aryl methyl sites for hydroxylation is 1. The molecule has 1 aliphatic heterocycles. The van der Waals surface area contributed by atoms with Crippen LogP contribution in [0.2, 0.25) is 0 Å². The van der Waals surface area contributed by atoms with Gasteiger partial charge in [0.05, 0.1) is 7.11 Å². The van der Waals surface area contributed by atoms with Gasteiger partial charge in [0.15, 0.2) is 11.5 Å². The number of nitrogens with zero attached hydrogens (tertiary/aromatic N) is 1. The third-order valence-corrected chi connectivity index (χ3v) is 5.96. The molecule has 3 rings (SSSR count). The van der Waals surface area contributed by atoms with Gasteiger partial charge in [0.25, 0.3) is 0 Å². The van der Waals surface area contributed by atoms with E-state index in [1.54, 1.807) is 12.0 Å². The van der Waals surface area contributed by atoms with Gasteiger partial charge in [0, 0.05) is 19.0 Å². The second kappa shape index (κ2) is 11.6. The van der Waals surface area contributed by atoms with Crippen LogP contribution in [0.1, 0.15) is 51.2 Å². The third kappa shape index (κ3) is 6.40. The molecule has 2 atom stereocenters. The SMILES string of the molecule is CC[C@H](C(=O)N[C@@H](C)CC)N(Cc1ccc(OC)cc1)C(=O)CCc1ccc2c(c1)OCO2. The summed E-state index contributed by atoms with van der Waals surface area (Å²) in [6, 6.07) is 12.8. The van der Waals surface area contributed by atoms with Crippen molar-refractivity contribution < 1.29 is 23.8 Å². The lowest BCUT2D eigenvalue weighted by Crippen LogP contribution is -2.50. The Bertz CT molecular complexity index is 944. The summed E-state index contributed by atoms with van der Waals surface area (Å²) in [6.07, 6.45) is 2.22. The molecule has 0 saturated carbocycles. The quantitative estimate of drug-likeness (QED) is 0.554. The average Bonchev–Trinajstić information content (AvgIpc) is 3.30. The maximum atomic E-state index is 13.4. The molecule has 33 heavy (non-hydrogen) atoms. The minimum Gasteiger partial charge on any atom is -0.497 e. The number of amides is 2. The molecule has 2 aromatic rings. The van der Waals surface area contributed by atoms with E-state index < -0.39 is 6.04 Å². The molecule has 0 bridgehead atoms. The molecule has 0 aliphatic carbocycles. The molecule has 7 nitrogen and oxygen atoms in total. The standard InChI is InChI=1S/C26H34N2O5/c1-5-18(3)27-26(30)22(6-2)28(16-20-7-11-21(31-4)12-8-20)25(29)14-10-19-9-13-23-24(15-19)33-17-32-23/h7-9,11-13,15,18,22H,5-6,10,14,16-17H2,1-4H3,(H,27,30)/t18-,22+/m0/s1. The number of hydrogen-bond donors (Lipinski definition) is 1. The molecule has 7 heteroatoms. The van der Waals surface area contributed by atoms with Crippen LogP contribution < -0.4 is 19.5 Å². The number of methoxy groups -OCH3 is 1. The van der Waals surface area contributed by atoms with Crippen LogP contribution in [0.25, 0.3) is 0 Å². The first kappa shape index (κ1) is 24.4. The van der Waals surface area contributed by atoms with Crippen LogP contribution >= 0.6 is 0 Å². The Balaban J connectivity index is 1.76. The Morgan fingerprint density at radius 1 is 1.03 bits per heavy atom. The van der Waals surface area contributed by atoms with Gasteiger partial charge >= 0.3 is 0 Å². The molecule has 0 fully saturated rings. The lowest BCUT2D eigenvalue weighted by atomic mass is 10.1. The lowest BCUT2D eigenvalue weighted by Gasteiger charge is -2.31. The number of carbonyl (C=O) groups is 2. The van der Waals surface area contributed by atoms with Gasteiger partial charge in [-0.3, -0.25) is 9.59 Å². The van der Waals surface area contributed by atoms with E-state index in [-0.39, 0.29) is 24.6 Å². The van der Waals surface area contributed by atoms with Crippen molar-refractivity contribution in [3.05, 3.63) is 53.6 Å². The van der Waals surface area contributed by atoms with Crippen molar-refractivity contribution in [3.63, 3.8) is 0 Å². The van der Waals surface area contributed by atoms with Crippen LogP contribution in [0.3, 0.4) is 0 Å². The van der Waals surface area contributed by atoms with Crippen LogP contribution in [-0.4, -0.2) is 42.7 Å². The van der Waals surface area contributed by atoms with Crippen LogP contribution in [0, 0.1) is 0 Å². The minimum absolute atomic E-state index is 0.0538. The number of rotatable bonds is 11. The van der Waals surface area contributed by atoms with Gasteiger partial charge in [-0.1, -0.05) is 32.0 Å². The van der Waals surface area contributed by atoms with Gasteiger partial charge in [-0.15, -0.1) is 0 Å². The maximum absolute atomic E-state index is 13.4. The molecule has 1 aliphatic rings. The second-order valence-corrected chi connectivity index (χ2v) is 8.30. The van der Waals surface area contributed by atoms with Gasteiger partial charge < -0.3 is 24.4 Å². The van der Waals surface area contributed by atoms with E-state index >= 15 is 0 Å². The average molecular weight is 455 g/mol. The van der Waals surface area contributed by atoms with Crippen molar-refractivity contribution in [1.82, 2.24) is 10.2 Å². The van der Waals surface area contributed by atoms with Crippen LogP contribution in [0.4, 0.5) is 0 Å². The third-order valence-electron chi connectivity index (χ3n) is 5.96. The second-order valence-electron chi connectivity index (χ2n) is 8.30. The van der Waals surface area contributed by atoms with Crippen molar-refractivity contribution >= 4 is 11.8 Å². The van der Waals surface area contributed by atoms with Crippen LogP contribution in [0.15, 0.2) is 42.5 Å². The summed E-state index contributed by atoms with van der Waals surface area (Å²) in [7, 11) is 1.62. The first-order valence-electron chi connectivity index (χ1n) is 11.6. The molecule has 0 radical (unpaired) electrons. The first-order valence-corrected chi connectivity index (χ1v) is 11.6. The topological polar surface area (TPSA) is 77.1 Å². The Morgan fingerprint density at radius 2 is 1.73 bits per heavy atom. The Kier molecular flexibility index (Phi) is 8.58. The molecular weight excluding hydrogens is 420 g/mol. The summed E-state index contributed by atoms with van der Waals surface area (Å²) < 4.78 is 16.0. The largest absolute Gasteiger partial charge is 0.497 e. The fraction of sp³-hybridized carbons (Fsp3) is 0.462. The highest BCUT2D eigenvalue weighted by Gasteiger charge is 2.29. The number of carbonyl (C=O) groups excluding carboxylic acids is 2.